The van der Waals surface area contributed by atoms with Gasteiger partial charge in [0.2, 0.25) is 0 Å². The number of halogens is 2. The first-order valence-corrected chi connectivity index (χ1v) is 5.18. The summed E-state index contributed by atoms with van der Waals surface area (Å²) >= 11 is 0. The minimum absolute atomic E-state index is 0.0614. The van der Waals surface area contributed by atoms with Crippen LogP contribution in [0.25, 0.3) is 0 Å². The molecule has 1 aliphatic heterocycles. The van der Waals surface area contributed by atoms with E-state index in [1.807, 2.05) is 18.7 Å². The van der Waals surface area contributed by atoms with Crippen molar-refractivity contribution >= 4 is 0 Å². The first-order chi connectivity index (χ1) is 6.45. The van der Waals surface area contributed by atoms with Crippen molar-refractivity contribution in [1.29, 1.82) is 0 Å². The zero-order valence-corrected chi connectivity index (χ0v) is 8.72. The maximum absolute atomic E-state index is 13.3. The van der Waals surface area contributed by atoms with Crippen molar-refractivity contribution in [3.05, 3.63) is 0 Å². The van der Waals surface area contributed by atoms with Crippen LogP contribution in [0.4, 0.5) is 8.78 Å². The molecule has 0 radical (unpaired) electrons. The Morgan fingerprint density at radius 1 is 1.21 bits per heavy atom. The van der Waals surface area contributed by atoms with Crippen molar-refractivity contribution in [2.75, 3.05) is 19.8 Å². The Kier molecular flexibility index (Phi) is 2.31. The largest absolute Gasteiger partial charge is 0.373 e. The second kappa shape index (κ2) is 3.14. The summed E-state index contributed by atoms with van der Waals surface area (Å²) in [5.74, 6) is -2.68. The molecule has 4 heteroatoms. The van der Waals surface area contributed by atoms with Gasteiger partial charge in [0, 0.05) is 11.6 Å². The first-order valence-electron chi connectivity index (χ1n) is 5.18. The molecule has 1 heterocycles. The van der Waals surface area contributed by atoms with E-state index in [2.05, 4.69) is 0 Å². The van der Waals surface area contributed by atoms with Crippen molar-refractivity contribution < 1.29 is 13.5 Å². The lowest BCUT2D eigenvalue weighted by atomic mass is 10.1. The molecule has 1 aliphatic carbocycles. The molecule has 0 amide bonds. The second-order valence-electron chi connectivity index (χ2n) is 4.79. The van der Waals surface area contributed by atoms with Crippen LogP contribution in [0.5, 0.6) is 0 Å². The zero-order chi connectivity index (χ0) is 10.4. The molecular formula is C10H17F2NO. The van der Waals surface area contributed by atoms with Gasteiger partial charge in [0.1, 0.15) is 6.61 Å². The van der Waals surface area contributed by atoms with E-state index in [1.165, 1.54) is 0 Å². The molecule has 1 saturated carbocycles. The third kappa shape index (κ3) is 1.77. The highest BCUT2D eigenvalue weighted by molar-refractivity contribution is 5.07. The molecule has 82 valence electrons. The van der Waals surface area contributed by atoms with Crippen LogP contribution >= 0.6 is 0 Å². The molecule has 2 fully saturated rings. The minimum Gasteiger partial charge on any atom is -0.373 e. The number of hydrogen-bond donors (Lipinski definition) is 0. The quantitative estimate of drug-likeness (QED) is 0.648. The first kappa shape index (κ1) is 10.3. The summed E-state index contributed by atoms with van der Waals surface area (Å²) in [6.07, 6.45) is 2.00. The monoisotopic (exact) mass is 205 g/mol. The lowest BCUT2D eigenvalue weighted by molar-refractivity contribution is -0.0711. The summed E-state index contributed by atoms with van der Waals surface area (Å²) in [5, 5.41) is 0. The van der Waals surface area contributed by atoms with Gasteiger partial charge in [-0.15, -0.1) is 0 Å². The summed E-state index contributed by atoms with van der Waals surface area (Å²) < 4.78 is 31.6. The SMILES string of the molecule is CC(C)N1CC(F)(F)COCC12CC2. The lowest BCUT2D eigenvalue weighted by Crippen LogP contribution is -2.48. The molecule has 2 aliphatic rings. The Balaban J connectivity index is 2.15. The van der Waals surface area contributed by atoms with Crippen LogP contribution in [0.3, 0.4) is 0 Å². The van der Waals surface area contributed by atoms with E-state index in [0.29, 0.717) is 6.61 Å². The Hall–Kier alpha value is -0.220. The smallest absolute Gasteiger partial charge is 0.283 e. The number of nitrogens with zero attached hydrogens (tertiary/aromatic N) is 1. The molecule has 1 spiro atoms. The van der Waals surface area contributed by atoms with Gasteiger partial charge in [-0.3, -0.25) is 4.90 Å². The standard InChI is InChI=1S/C10H17F2NO/c1-8(2)13-5-10(11,12)7-14-6-9(13)3-4-9/h8H,3-7H2,1-2H3. The van der Waals surface area contributed by atoms with E-state index >= 15 is 0 Å². The van der Waals surface area contributed by atoms with Crippen molar-refractivity contribution in [3.63, 3.8) is 0 Å². The van der Waals surface area contributed by atoms with Gasteiger partial charge in [-0.25, -0.2) is 8.78 Å². The van der Waals surface area contributed by atoms with Crippen LogP contribution < -0.4 is 0 Å². The highest BCUT2D eigenvalue weighted by atomic mass is 19.3. The van der Waals surface area contributed by atoms with Crippen LogP contribution in [-0.4, -0.2) is 42.2 Å². The molecule has 0 atom stereocenters. The summed E-state index contributed by atoms with van der Waals surface area (Å²) in [4.78, 5) is 1.92. The predicted octanol–water partition coefficient (Wildman–Crippen LogP) is 1.89. The lowest BCUT2D eigenvalue weighted by Gasteiger charge is -2.34. The molecule has 0 aromatic carbocycles. The average molecular weight is 205 g/mol. The fourth-order valence-electron chi connectivity index (χ4n) is 2.24. The van der Waals surface area contributed by atoms with Crippen molar-refractivity contribution in [2.45, 2.75) is 44.2 Å². The zero-order valence-electron chi connectivity index (χ0n) is 8.72. The molecule has 0 unspecified atom stereocenters. The molecule has 2 rings (SSSR count). The van der Waals surface area contributed by atoms with Crippen LogP contribution in [-0.2, 0) is 4.74 Å². The number of rotatable bonds is 1. The Bertz CT molecular complexity index is 226. The van der Waals surface area contributed by atoms with Crippen LogP contribution in [0.15, 0.2) is 0 Å². The third-order valence-electron chi connectivity index (χ3n) is 3.15. The Morgan fingerprint density at radius 3 is 2.36 bits per heavy atom. The molecule has 0 N–H and O–H groups in total. The van der Waals surface area contributed by atoms with Crippen LogP contribution in [0.2, 0.25) is 0 Å². The Labute approximate surface area is 83.2 Å². The van der Waals surface area contributed by atoms with E-state index in [1.54, 1.807) is 0 Å². The topological polar surface area (TPSA) is 12.5 Å². The van der Waals surface area contributed by atoms with Gasteiger partial charge in [-0.1, -0.05) is 0 Å². The predicted molar refractivity (Wildman–Crippen MR) is 49.6 cm³/mol. The molecule has 0 aromatic heterocycles. The van der Waals surface area contributed by atoms with Crippen LogP contribution in [0.1, 0.15) is 26.7 Å². The minimum atomic E-state index is -2.68. The van der Waals surface area contributed by atoms with E-state index in [4.69, 9.17) is 4.74 Å². The summed E-state index contributed by atoms with van der Waals surface area (Å²) in [6.45, 7) is 3.85. The number of alkyl halides is 2. The van der Waals surface area contributed by atoms with Gasteiger partial charge >= 0.3 is 0 Å². The maximum atomic E-state index is 13.3. The highest BCUT2D eigenvalue weighted by Crippen LogP contribution is 2.45. The summed E-state index contributed by atoms with van der Waals surface area (Å²) in [6, 6.07) is 0.171. The molecule has 0 bridgehead atoms. The Morgan fingerprint density at radius 2 is 1.86 bits per heavy atom. The molecule has 2 nitrogen and oxygen atoms in total. The van der Waals surface area contributed by atoms with Crippen molar-refractivity contribution in [2.24, 2.45) is 0 Å². The van der Waals surface area contributed by atoms with Gasteiger partial charge in [0.25, 0.3) is 5.92 Å². The van der Waals surface area contributed by atoms with Gasteiger partial charge in [0.15, 0.2) is 0 Å². The highest BCUT2D eigenvalue weighted by Gasteiger charge is 2.54. The number of ether oxygens (including phenoxy) is 1. The van der Waals surface area contributed by atoms with Gasteiger partial charge in [-0.05, 0) is 26.7 Å². The normalized spacial score (nSPS) is 30.6. The fourth-order valence-corrected chi connectivity index (χ4v) is 2.24. The van der Waals surface area contributed by atoms with Crippen molar-refractivity contribution in [3.8, 4) is 0 Å². The number of hydrogen-bond acceptors (Lipinski definition) is 2. The maximum Gasteiger partial charge on any atom is 0.283 e. The second-order valence-corrected chi connectivity index (χ2v) is 4.79. The fraction of sp³-hybridized carbons (Fsp3) is 1.00. The van der Waals surface area contributed by atoms with Crippen molar-refractivity contribution in [1.82, 2.24) is 4.90 Å². The molecule has 0 aromatic rings. The third-order valence-corrected chi connectivity index (χ3v) is 3.15. The molecule has 14 heavy (non-hydrogen) atoms. The molecule has 1 saturated heterocycles. The van der Waals surface area contributed by atoms with E-state index in [9.17, 15) is 8.78 Å². The van der Waals surface area contributed by atoms with Gasteiger partial charge in [-0.2, -0.15) is 0 Å². The van der Waals surface area contributed by atoms with Crippen LogP contribution in [0, 0.1) is 0 Å². The average Bonchev–Trinajstić information content (AvgIpc) is 2.81. The van der Waals surface area contributed by atoms with E-state index < -0.39 is 12.5 Å². The molecular weight excluding hydrogens is 188 g/mol. The van der Waals surface area contributed by atoms with E-state index in [0.717, 1.165) is 12.8 Å². The summed E-state index contributed by atoms with van der Waals surface area (Å²) in [7, 11) is 0. The summed E-state index contributed by atoms with van der Waals surface area (Å²) in [5.41, 5.74) is -0.0614. The van der Waals surface area contributed by atoms with Gasteiger partial charge < -0.3 is 4.74 Å². The van der Waals surface area contributed by atoms with E-state index in [-0.39, 0.29) is 18.1 Å². The van der Waals surface area contributed by atoms with Gasteiger partial charge in [0.05, 0.1) is 13.2 Å².